The van der Waals surface area contributed by atoms with Crippen LogP contribution in [0, 0.1) is 0 Å². The van der Waals surface area contributed by atoms with E-state index in [1.54, 1.807) is 67.8 Å². The quantitative estimate of drug-likeness (QED) is 0.690. The summed E-state index contributed by atoms with van der Waals surface area (Å²) in [6, 6.07) is 16.8. The van der Waals surface area contributed by atoms with Crippen LogP contribution >= 0.6 is 0 Å². The van der Waals surface area contributed by atoms with Crippen LogP contribution in [-0.2, 0) is 4.79 Å². The van der Waals surface area contributed by atoms with Crippen LogP contribution in [0.3, 0.4) is 0 Å². The number of amides is 1. The molecule has 1 amide bonds. The van der Waals surface area contributed by atoms with Crippen molar-refractivity contribution in [2.75, 3.05) is 5.32 Å². The molecule has 5 nitrogen and oxygen atoms in total. The van der Waals surface area contributed by atoms with Gasteiger partial charge in [-0.05, 0) is 37.3 Å². The lowest BCUT2D eigenvalue weighted by molar-refractivity contribution is -0.117. The van der Waals surface area contributed by atoms with Crippen LogP contribution in [0.5, 0.6) is 5.75 Å². The Hall–Kier alpha value is -3.47. The Kier molecular flexibility index (Phi) is 5.08. The van der Waals surface area contributed by atoms with Gasteiger partial charge in [0.1, 0.15) is 5.75 Å². The third-order valence-corrected chi connectivity index (χ3v) is 4.13. The van der Waals surface area contributed by atoms with E-state index in [4.69, 9.17) is 0 Å². The first-order chi connectivity index (χ1) is 12.6. The van der Waals surface area contributed by atoms with Gasteiger partial charge in [-0.15, -0.1) is 0 Å². The largest absolute Gasteiger partial charge is 0.508 e. The third kappa shape index (κ3) is 3.78. The summed E-state index contributed by atoms with van der Waals surface area (Å²) in [5.74, 6) is -1.09. The normalized spacial score (nSPS) is 11.6. The van der Waals surface area contributed by atoms with Gasteiger partial charge in [0.25, 0.3) is 0 Å². The molecule has 26 heavy (non-hydrogen) atoms. The van der Waals surface area contributed by atoms with Gasteiger partial charge >= 0.3 is 0 Å². The van der Waals surface area contributed by atoms with Crippen molar-refractivity contribution in [3.63, 3.8) is 0 Å². The average molecular weight is 346 g/mol. The number of carbonyl (C=O) groups is 2. The molecule has 130 valence electrons. The molecule has 0 saturated heterocycles. The van der Waals surface area contributed by atoms with Gasteiger partial charge in [-0.25, -0.2) is 0 Å². The first kappa shape index (κ1) is 17.4. The van der Waals surface area contributed by atoms with Gasteiger partial charge < -0.3 is 10.4 Å². The standard InChI is InChI=1S/C21H18N2O3/c1-14(21(26)23-17-9-11-22-12-10-17)18-13-16(7-8-19(18)24)20(25)15-5-3-2-4-6-15/h2-14,24H,1H3,(H,22,23,26)/t14-/m1/s1. The molecule has 0 aliphatic carbocycles. The molecule has 3 aromatic rings. The summed E-state index contributed by atoms with van der Waals surface area (Å²) in [6.45, 7) is 1.68. The summed E-state index contributed by atoms with van der Waals surface area (Å²) >= 11 is 0. The molecule has 2 aromatic carbocycles. The summed E-state index contributed by atoms with van der Waals surface area (Å²) < 4.78 is 0. The fourth-order valence-electron chi connectivity index (χ4n) is 2.63. The predicted molar refractivity (Wildman–Crippen MR) is 99.3 cm³/mol. The third-order valence-electron chi connectivity index (χ3n) is 4.13. The molecule has 1 aromatic heterocycles. The molecule has 0 fully saturated rings. The number of phenols is 1. The summed E-state index contributed by atoms with van der Waals surface area (Å²) in [6.07, 6.45) is 3.16. The second kappa shape index (κ2) is 7.61. The zero-order valence-electron chi connectivity index (χ0n) is 14.2. The number of anilines is 1. The first-order valence-corrected chi connectivity index (χ1v) is 8.20. The summed E-state index contributed by atoms with van der Waals surface area (Å²) in [4.78, 5) is 29.0. The number of phenolic OH excluding ortho intramolecular Hbond substituents is 1. The molecule has 0 aliphatic heterocycles. The van der Waals surface area contributed by atoms with Crippen LogP contribution in [0.25, 0.3) is 0 Å². The van der Waals surface area contributed by atoms with Crippen LogP contribution in [0.1, 0.15) is 34.3 Å². The number of ketones is 1. The Labute approximate surface area is 151 Å². The van der Waals surface area contributed by atoms with Gasteiger partial charge in [0.15, 0.2) is 5.78 Å². The molecule has 1 atom stereocenters. The van der Waals surface area contributed by atoms with Gasteiger partial charge in [0.05, 0.1) is 5.92 Å². The Morgan fingerprint density at radius 1 is 0.962 bits per heavy atom. The van der Waals surface area contributed by atoms with E-state index in [1.165, 1.54) is 6.07 Å². The number of hydrogen-bond donors (Lipinski definition) is 2. The van der Waals surface area contributed by atoms with E-state index < -0.39 is 5.92 Å². The van der Waals surface area contributed by atoms with E-state index in [2.05, 4.69) is 10.3 Å². The molecule has 0 bridgehead atoms. The molecular formula is C21H18N2O3. The minimum absolute atomic E-state index is 0.0213. The van der Waals surface area contributed by atoms with Gasteiger partial charge in [-0.1, -0.05) is 30.3 Å². The molecule has 0 spiro atoms. The van der Waals surface area contributed by atoms with E-state index in [1.807, 2.05) is 6.07 Å². The maximum Gasteiger partial charge on any atom is 0.231 e. The lowest BCUT2D eigenvalue weighted by Gasteiger charge is -2.15. The summed E-state index contributed by atoms with van der Waals surface area (Å²) in [5, 5.41) is 12.9. The number of benzene rings is 2. The van der Waals surface area contributed by atoms with Crippen molar-refractivity contribution in [2.45, 2.75) is 12.8 Å². The van der Waals surface area contributed by atoms with Crippen molar-refractivity contribution in [3.8, 4) is 5.75 Å². The maximum atomic E-state index is 12.6. The lowest BCUT2D eigenvalue weighted by atomic mass is 9.94. The van der Waals surface area contributed by atoms with Crippen molar-refractivity contribution in [3.05, 3.63) is 89.7 Å². The highest BCUT2D eigenvalue weighted by molar-refractivity contribution is 6.09. The number of hydrogen-bond acceptors (Lipinski definition) is 4. The van der Waals surface area contributed by atoms with Gasteiger partial charge in [0, 0.05) is 34.8 Å². The lowest BCUT2D eigenvalue weighted by Crippen LogP contribution is -2.19. The zero-order chi connectivity index (χ0) is 18.5. The fraction of sp³-hybridized carbons (Fsp3) is 0.0952. The molecule has 5 heteroatoms. The molecule has 0 radical (unpaired) electrons. The maximum absolute atomic E-state index is 12.6. The van der Waals surface area contributed by atoms with Crippen molar-refractivity contribution < 1.29 is 14.7 Å². The minimum atomic E-state index is -0.633. The van der Waals surface area contributed by atoms with Crippen LogP contribution in [0.15, 0.2) is 73.1 Å². The number of aromatic nitrogens is 1. The Balaban J connectivity index is 1.85. The number of carbonyl (C=O) groups excluding carboxylic acids is 2. The van der Waals surface area contributed by atoms with E-state index >= 15 is 0 Å². The molecule has 3 rings (SSSR count). The molecule has 0 unspecified atom stereocenters. The SMILES string of the molecule is C[C@@H](C(=O)Nc1ccncc1)c1cc(C(=O)c2ccccc2)ccc1O. The van der Waals surface area contributed by atoms with E-state index in [0.717, 1.165) is 0 Å². The minimum Gasteiger partial charge on any atom is -0.508 e. The summed E-state index contributed by atoms with van der Waals surface area (Å²) in [7, 11) is 0. The van der Waals surface area contributed by atoms with Crippen molar-refractivity contribution in [2.24, 2.45) is 0 Å². The molecular weight excluding hydrogens is 328 g/mol. The van der Waals surface area contributed by atoms with Gasteiger partial charge in [-0.2, -0.15) is 0 Å². The number of nitrogens with one attached hydrogen (secondary N) is 1. The molecule has 2 N–H and O–H groups in total. The first-order valence-electron chi connectivity index (χ1n) is 8.20. The molecule has 1 heterocycles. The van der Waals surface area contributed by atoms with Crippen LogP contribution in [0.2, 0.25) is 0 Å². The van der Waals surface area contributed by atoms with Crippen LogP contribution < -0.4 is 5.32 Å². The zero-order valence-corrected chi connectivity index (χ0v) is 14.2. The van der Waals surface area contributed by atoms with Gasteiger partial charge in [-0.3, -0.25) is 14.6 Å². The molecule has 0 aliphatic rings. The second-order valence-electron chi connectivity index (χ2n) is 5.92. The smallest absolute Gasteiger partial charge is 0.231 e. The Morgan fingerprint density at radius 3 is 2.35 bits per heavy atom. The van der Waals surface area contributed by atoms with Crippen molar-refractivity contribution in [1.82, 2.24) is 4.98 Å². The average Bonchev–Trinajstić information content (AvgIpc) is 2.68. The number of rotatable bonds is 5. The number of nitrogens with zero attached hydrogens (tertiary/aromatic N) is 1. The van der Waals surface area contributed by atoms with Gasteiger partial charge in [0.2, 0.25) is 5.91 Å². The monoisotopic (exact) mass is 346 g/mol. The Bertz CT molecular complexity index is 925. The van der Waals surface area contributed by atoms with Crippen LogP contribution in [0.4, 0.5) is 5.69 Å². The highest BCUT2D eigenvalue weighted by Crippen LogP contribution is 2.28. The number of pyridine rings is 1. The van der Waals surface area contributed by atoms with E-state index in [-0.39, 0.29) is 17.4 Å². The second-order valence-corrected chi connectivity index (χ2v) is 5.92. The van der Waals surface area contributed by atoms with Crippen molar-refractivity contribution in [1.29, 1.82) is 0 Å². The number of aromatic hydroxyl groups is 1. The topological polar surface area (TPSA) is 79.3 Å². The van der Waals surface area contributed by atoms with E-state index in [0.29, 0.717) is 22.4 Å². The fourth-order valence-corrected chi connectivity index (χ4v) is 2.63. The Morgan fingerprint density at radius 2 is 1.65 bits per heavy atom. The predicted octanol–water partition coefficient (Wildman–Crippen LogP) is 3.76. The highest BCUT2D eigenvalue weighted by atomic mass is 16.3. The molecule has 0 saturated carbocycles. The summed E-state index contributed by atoms with van der Waals surface area (Å²) in [5.41, 5.74) is 2.00. The van der Waals surface area contributed by atoms with Crippen LogP contribution in [-0.4, -0.2) is 21.8 Å². The van der Waals surface area contributed by atoms with Crippen molar-refractivity contribution >= 4 is 17.4 Å². The van der Waals surface area contributed by atoms with E-state index in [9.17, 15) is 14.7 Å². The highest BCUT2D eigenvalue weighted by Gasteiger charge is 2.21.